The molecule has 4 rings (SSSR count). The van der Waals surface area contributed by atoms with Crippen LogP contribution in [0.25, 0.3) is 22.0 Å². The van der Waals surface area contributed by atoms with Crippen LogP contribution in [0, 0.1) is 5.92 Å². The lowest BCUT2D eigenvalue weighted by molar-refractivity contribution is -0.192. The van der Waals surface area contributed by atoms with Gasteiger partial charge in [-0.1, -0.05) is 54.4 Å². The molecular formula is C27H32Cl2F3N3O7S. The molecule has 1 N–H and O–H groups in total. The lowest BCUT2D eigenvalue weighted by Gasteiger charge is -2.22. The Morgan fingerprint density at radius 1 is 1.09 bits per heavy atom. The van der Waals surface area contributed by atoms with Gasteiger partial charge in [0.15, 0.2) is 0 Å². The molecular weight excluding hydrogens is 638 g/mol. The number of hydrogen-bond acceptors (Lipinski definition) is 7. The summed E-state index contributed by atoms with van der Waals surface area (Å²) >= 11 is 12.5. The maximum atomic E-state index is 13.5. The fourth-order valence-electron chi connectivity index (χ4n) is 3.91. The average Bonchev–Trinajstić information content (AvgIpc) is 3.69. The molecule has 1 aliphatic rings. The Labute approximate surface area is 257 Å². The molecule has 238 valence electrons. The van der Waals surface area contributed by atoms with E-state index in [1.165, 1.54) is 12.8 Å². The highest BCUT2D eigenvalue weighted by Gasteiger charge is 2.38. The molecule has 2 aromatic carbocycles. The summed E-state index contributed by atoms with van der Waals surface area (Å²) in [5.74, 6) is -2.03. The van der Waals surface area contributed by atoms with E-state index in [1.54, 1.807) is 6.07 Å². The van der Waals surface area contributed by atoms with Crippen molar-refractivity contribution in [3.8, 4) is 11.1 Å². The molecule has 1 aliphatic carbocycles. The zero-order valence-corrected chi connectivity index (χ0v) is 26.1. The molecule has 10 nitrogen and oxygen atoms in total. The van der Waals surface area contributed by atoms with Gasteiger partial charge in [0.05, 0.1) is 14.2 Å². The molecule has 0 spiro atoms. The predicted molar refractivity (Wildman–Crippen MR) is 156 cm³/mol. The minimum Gasteiger partial charge on any atom is -0.475 e. The molecule has 0 unspecified atom stereocenters. The van der Waals surface area contributed by atoms with Gasteiger partial charge in [-0.2, -0.15) is 26.7 Å². The molecule has 16 heteroatoms. The number of carboxylic acids is 1. The van der Waals surface area contributed by atoms with Crippen LogP contribution in [-0.4, -0.2) is 73.6 Å². The van der Waals surface area contributed by atoms with Crippen molar-refractivity contribution in [2.75, 3.05) is 27.3 Å². The first-order chi connectivity index (χ1) is 20.1. The minimum absolute atomic E-state index is 0.0717. The van der Waals surface area contributed by atoms with E-state index in [1.807, 2.05) is 46.8 Å². The van der Waals surface area contributed by atoms with Crippen molar-refractivity contribution in [3.63, 3.8) is 0 Å². The van der Waals surface area contributed by atoms with E-state index in [0.29, 0.717) is 28.2 Å². The van der Waals surface area contributed by atoms with E-state index in [9.17, 15) is 26.4 Å². The number of carbonyl (C=O) groups excluding carboxylic acids is 1. The second-order valence-electron chi connectivity index (χ2n) is 9.23. The van der Waals surface area contributed by atoms with Crippen LogP contribution in [0.15, 0.2) is 36.4 Å². The number of benzene rings is 2. The average molecular weight is 671 g/mol. The molecule has 1 amide bonds. The number of nitrogens with zero attached hydrogens (tertiary/aromatic N) is 3. The molecule has 1 saturated carbocycles. The molecule has 0 saturated heterocycles. The topological polar surface area (TPSA) is 128 Å². The SMILES string of the molecule is CCCN(CC1CC1)C(=O)c1c2cccc(-c3ccc(Cl)cc3Cl)c2nn1CC.COS(=O)(=O)OC.O=C(O)C(F)(F)F. The summed E-state index contributed by atoms with van der Waals surface area (Å²) in [5.41, 5.74) is 3.24. The van der Waals surface area contributed by atoms with Crippen LogP contribution in [0.1, 0.15) is 43.6 Å². The molecule has 1 heterocycles. The maximum Gasteiger partial charge on any atom is 0.490 e. The molecule has 3 aromatic rings. The summed E-state index contributed by atoms with van der Waals surface area (Å²) in [6, 6.07) is 11.4. The Morgan fingerprint density at radius 3 is 2.14 bits per heavy atom. The number of rotatable bonds is 9. The van der Waals surface area contributed by atoms with Crippen molar-refractivity contribution < 1.29 is 44.7 Å². The molecule has 43 heavy (non-hydrogen) atoms. The Balaban J connectivity index is 0.000000384. The number of hydrogen-bond donors (Lipinski definition) is 1. The van der Waals surface area contributed by atoms with Crippen LogP contribution in [-0.2, 0) is 30.1 Å². The van der Waals surface area contributed by atoms with E-state index >= 15 is 0 Å². The van der Waals surface area contributed by atoms with Crippen LogP contribution < -0.4 is 0 Å². The normalized spacial score (nSPS) is 13.0. The molecule has 1 aromatic heterocycles. The Hall–Kier alpha value is -2.91. The van der Waals surface area contributed by atoms with Gasteiger partial charge in [-0.3, -0.25) is 17.8 Å². The highest BCUT2D eigenvalue weighted by atomic mass is 35.5. The van der Waals surface area contributed by atoms with Crippen molar-refractivity contribution >= 4 is 56.4 Å². The van der Waals surface area contributed by atoms with Crippen molar-refractivity contribution in [2.45, 2.75) is 45.8 Å². The van der Waals surface area contributed by atoms with Crippen molar-refractivity contribution in [1.82, 2.24) is 14.7 Å². The van der Waals surface area contributed by atoms with Crippen LogP contribution in [0.5, 0.6) is 0 Å². The van der Waals surface area contributed by atoms with Gasteiger partial charge in [0.25, 0.3) is 5.91 Å². The fraction of sp³-hybridized carbons (Fsp3) is 0.444. The number of aliphatic carboxylic acids is 1. The van der Waals surface area contributed by atoms with Gasteiger partial charge in [0, 0.05) is 46.2 Å². The third kappa shape index (κ3) is 10.3. The Morgan fingerprint density at radius 2 is 1.70 bits per heavy atom. The summed E-state index contributed by atoms with van der Waals surface area (Å²) in [7, 11) is -1.60. The van der Waals surface area contributed by atoms with Gasteiger partial charge in [-0.05, 0) is 44.2 Å². The second kappa shape index (κ2) is 15.7. The Bertz CT molecular complexity index is 1520. The van der Waals surface area contributed by atoms with Gasteiger partial charge < -0.3 is 10.0 Å². The number of aryl methyl sites for hydroxylation is 1. The molecule has 0 aliphatic heterocycles. The highest BCUT2D eigenvalue weighted by Crippen LogP contribution is 2.36. The van der Waals surface area contributed by atoms with E-state index < -0.39 is 22.5 Å². The predicted octanol–water partition coefficient (Wildman–Crippen LogP) is 6.45. The van der Waals surface area contributed by atoms with Crippen LogP contribution >= 0.6 is 23.2 Å². The van der Waals surface area contributed by atoms with Crippen molar-refractivity contribution in [1.29, 1.82) is 0 Å². The zero-order chi connectivity index (χ0) is 32.5. The first-order valence-electron chi connectivity index (χ1n) is 13.0. The maximum absolute atomic E-state index is 13.5. The van der Waals surface area contributed by atoms with Crippen LogP contribution in [0.2, 0.25) is 10.0 Å². The summed E-state index contributed by atoms with van der Waals surface area (Å²) < 4.78 is 61.1. The minimum atomic E-state index is -5.08. The van der Waals surface area contributed by atoms with Gasteiger partial charge in [-0.15, -0.1) is 0 Å². The zero-order valence-electron chi connectivity index (χ0n) is 23.8. The highest BCUT2D eigenvalue weighted by molar-refractivity contribution is 7.81. The first kappa shape index (κ1) is 36.3. The second-order valence-corrected chi connectivity index (χ2v) is 11.6. The van der Waals surface area contributed by atoms with Crippen molar-refractivity contribution in [2.24, 2.45) is 5.92 Å². The number of amides is 1. The van der Waals surface area contributed by atoms with E-state index in [4.69, 9.17) is 38.2 Å². The van der Waals surface area contributed by atoms with E-state index in [2.05, 4.69) is 15.3 Å². The molecule has 0 radical (unpaired) electrons. The third-order valence-corrected chi connectivity index (χ3v) is 7.46. The number of alkyl halides is 3. The fourth-order valence-corrected chi connectivity index (χ4v) is 4.55. The first-order valence-corrected chi connectivity index (χ1v) is 15.1. The number of fused-ring (bicyclic) bond motifs is 1. The third-order valence-electron chi connectivity index (χ3n) is 6.10. The van der Waals surface area contributed by atoms with E-state index in [0.717, 1.165) is 55.8 Å². The lowest BCUT2D eigenvalue weighted by atomic mass is 10.0. The summed E-state index contributed by atoms with van der Waals surface area (Å²) in [6.07, 6.45) is -1.69. The van der Waals surface area contributed by atoms with Crippen molar-refractivity contribution in [3.05, 3.63) is 52.1 Å². The van der Waals surface area contributed by atoms with Crippen LogP contribution in [0.3, 0.4) is 0 Å². The van der Waals surface area contributed by atoms with Gasteiger partial charge >= 0.3 is 22.5 Å². The lowest BCUT2D eigenvalue weighted by Crippen LogP contribution is -2.35. The number of carbonyl (C=O) groups is 2. The quantitative estimate of drug-likeness (QED) is 0.275. The van der Waals surface area contributed by atoms with E-state index in [-0.39, 0.29) is 5.91 Å². The number of carboxylic acid groups (broad SMARTS) is 1. The summed E-state index contributed by atoms with van der Waals surface area (Å²) in [4.78, 5) is 24.4. The van der Waals surface area contributed by atoms with Crippen LogP contribution in [0.4, 0.5) is 13.2 Å². The largest absolute Gasteiger partial charge is 0.490 e. The summed E-state index contributed by atoms with van der Waals surface area (Å²) in [6.45, 7) is 6.37. The van der Waals surface area contributed by atoms with Gasteiger partial charge in [0.2, 0.25) is 0 Å². The molecule has 1 fully saturated rings. The van der Waals surface area contributed by atoms with Gasteiger partial charge in [0.1, 0.15) is 11.2 Å². The number of aromatic nitrogens is 2. The monoisotopic (exact) mass is 669 g/mol. The Kier molecular flexibility index (Phi) is 13.3. The number of halogens is 5. The summed E-state index contributed by atoms with van der Waals surface area (Å²) in [5, 5.41) is 14.0. The molecule has 0 atom stereocenters. The smallest absolute Gasteiger partial charge is 0.475 e. The molecule has 0 bridgehead atoms. The standard InChI is InChI=1S/C23H25Cl2N3O.C2HF3O2.C2H6O4S/c1-3-12-27(14-15-8-9-15)23(29)22-19-7-5-6-18(21(19)26-28(22)4-2)17-11-10-16(24)13-20(17)25;3-2(4,5)1(6)7;1-5-7(3,4)6-2/h5-7,10-11,13,15H,3-4,8-9,12,14H2,1-2H3;(H,6,7);1-2H3. The van der Waals surface area contributed by atoms with Gasteiger partial charge in [-0.25, -0.2) is 4.79 Å².